The average molecular weight is 199 g/mol. The van der Waals surface area contributed by atoms with Crippen molar-refractivity contribution in [3.8, 4) is 0 Å². The van der Waals surface area contributed by atoms with E-state index in [1.807, 2.05) is 20.8 Å². The molecule has 0 spiro atoms. The molecule has 0 aromatic rings. The molecule has 1 heterocycles. The van der Waals surface area contributed by atoms with Gasteiger partial charge >= 0.3 is 5.97 Å². The lowest BCUT2D eigenvalue weighted by molar-refractivity contribution is -0.182. The Bertz CT molecular complexity index is 255. The van der Waals surface area contributed by atoms with E-state index < -0.39 is 5.60 Å². The third-order valence-corrected chi connectivity index (χ3v) is 2.30. The van der Waals surface area contributed by atoms with Crippen molar-refractivity contribution in [1.29, 1.82) is 0 Å². The number of hydrogen-bond donors (Lipinski definition) is 1. The van der Waals surface area contributed by atoms with E-state index in [2.05, 4.69) is 5.48 Å². The zero-order valence-corrected chi connectivity index (χ0v) is 9.09. The van der Waals surface area contributed by atoms with Crippen LogP contribution in [0.5, 0.6) is 0 Å². The van der Waals surface area contributed by atoms with Crippen molar-refractivity contribution in [3.05, 3.63) is 12.3 Å². The molecule has 0 bridgehead atoms. The van der Waals surface area contributed by atoms with E-state index in [1.165, 1.54) is 0 Å². The molecule has 80 valence electrons. The molecular formula is C10H17NO3. The summed E-state index contributed by atoms with van der Waals surface area (Å²) >= 11 is 0. The van der Waals surface area contributed by atoms with E-state index >= 15 is 0 Å². The van der Waals surface area contributed by atoms with Gasteiger partial charge in [0.15, 0.2) is 0 Å². The summed E-state index contributed by atoms with van der Waals surface area (Å²) in [5.74, 6) is -0.353. The third-order valence-electron chi connectivity index (χ3n) is 2.30. The van der Waals surface area contributed by atoms with Crippen molar-refractivity contribution in [2.24, 2.45) is 5.41 Å². The van der Waals surface area contributed by atoms with Gasteiger partial charge in [-0.05, 0) is 13.0 Å². The van der Waals surface area contributed by atoms with Gasteiger partial charge in [-0.15, -0.1) is 0 Å². The van der Waals surface area contributed by atoms with Gasteiger partial charge in [0, 0.05) is 11.6 Å². The number of nitrogens with one attached hydrogen (secondary N) is 1. The van der Waals surface area contributed by atoms with E-state index in [-0.39, 0.29) is 11.4 Å². The van der Waals surface area contributed by atoms with E-state index in [4.69, 9.17) is 9.57 Å². The topological polar surface area (TPSA) is 47.6 Å². The van der Waals surface area contributed by atoms with Crippen LogP contribution in [0, 0.1) is 5.41 Å². The van der Waals surface area contributed by atoms with E-state index in [0.717, 1.165) is 0 Å². The minimum absolute atomic E-state index is 0.348. The molecule has 0 saturated carbocycles. The van der Waals surface area contributed by atoms with Crippen LogP contribution in [0.2, 0.25) is 0 Å². The molecule has 14 heavy (non-hydrogen) atoms. The van der Waals surface area contributed by atoms with Gasteiger partial charge in [-0.25, -0.2) is 4.79 Å². The largest absolute Gasteiger partial charge is 0.464 e. The molecule has 0 amide bonds. The van der Waals surface area contributed by atoms with Crippen LogP contribution in [0.3, 0.4) is 0 Å². The zero-order chi connectivity index (χ0) is 10.8. The molecule has 1 N–H and O–H groups in total. The lowest BCUT2D eigenvalue weighted by Gasteiger charge is -2.35. The van der Waals surface area contributed by atoms with Crippen LogP contribution in [0.25, 0.3) is 0 Å². The number of carbonyl (C=O) groups is 1. The fraction of sp³-hybridized carbons (Fsp3) is 0.700. The second kappa shape index (κ2) is 3.61. The molecule has 1 unspecified atom stereocenters. The lowest BCUT2D eigenvalue weighted by atomic mass is 9.76. The number of ether oxygens (including phenoxy) is 1. The molecule has 4 heteroatoms. The summed E-state index contributed by atoms with van der Waals surface area (Å²) in [7, 11) is 0. The molecule has 1 rings (SSSR count). The van der Waals surface area contributed by atoms with Crippen LogP contribution in [0.15, 0.2) is 12.3 Å². The molecular weight excluding hydrogens is 182 g/mol. The first-order valence-electron chi connectivity index (χ1n) is 4.72. The fourth-order valence-corrected chi connectivity index (χ4v) is 1.37. The standard InChI is InChI=1S/C10H17NO3/c1-5-13-8(12)10(9(2,3)4)6-7-11-14-10/h6-7,11H,5H2,1-4H3. The molecule has 0 aliphatic carbocycles. The maximum atomic E-state index is 11.8. The Morgan fingerprint density at radius 3 is 2.57 bits per heavy atom. The Morgan fingerprint density at radius 2 is 2.21 bits per heavy atom. The predicted molar refractivity (Wildman–Crippen MR) is 52.2 cm³/mol. The van der Waals surface area contributed by atoms with Gasteiger partial charge in [0.2, 0.25) is 5.60 Å². The minimum atomic E-state index is -1.01. The van der Waals surface area contributed by atoms with Crippen LogP contribution < -0.4 is 5.48 Å². The summed E-state index contributed by atoms with van der Waals surface area (Å²) in [6.07, 6.45) is 3.31. The highest BCUT2D eigenvalue weighted by Crippen LogP contribution is 2.37. The number of carbonyl (C=O) groups excluding carboxylic acids is 1. The summed E-state index contributed by atoms with van der Waals surface area (Å²) in [4.78, 5) is 17.1. The van der Waals surface area contributed by atoms with Crippen LogP contribution >= 0.6 is 0 Å². The Balaban J connectivity index is 2.94. The second-order valence-electron chi connectivity index (χ2n) is 4.26. The van der Waals surface area contributed by atoms with Gasteiger partial charge < -0.3 is 4.74 Å². The quantitative estimate of drug-likeness (QED) is 0.682. The van der Waals surface area contributed by atoms with E-state index in [0.29, 0.717) is 6.61 Å². The first-order chi connectivity index (χ1) is 6.44. The van der Waals surface area contributed by atoms with E-state index in [1.54, 1.807) is 19.2 Å². The number of rotatable bonds is 2. The zero-order valence-electron chi connectivity index (χ0n) is 9.09. The fourth-order valence-electron chi connectivity index (χ4n) is 1.37. The van der Waals surface area contributed by atoms with Gasteiger partial charge in [-0.1, -0.05) is 20.8 Å². The highest BCUT2D eigenvalue weighted by Gasteiger charge is 2.52. The first-order valence-corrected chi connectivity index (χ1v) is 4.72. The van der Waals surface area contributed by atoms with Gasteiger partial charge in [0.1, 0.15) is 0 Å². The Kier molecular flexibility index (Phi) is 2.85. The Labute approximate surface area is 84.2 Å². The van der Waals surface area contributed by atoms with Crippen LogP contribution in [0.1, 0.15) is 27.7 Å². The average Bonchev–Trinajstić information content (AvgIpc) is 2.51. The monoisotopic (exact) mass is 199 g/mol. The van der Waals surface area contributed by atoms with Gasteiger partial charge in [-0.3, -0.25) is 10.3 Å². The summed E-state index contributed by atoms with van der Waals surface area (Å²) in [5.41, 5.74) is 1.22. The Morgan fingerprint density at radius 1 is 1.57 bits per heavy atom. The van der Waals surface area contributed by atoms with Gasteiger partial charge in [-0.2, -0.15) is 0 Å². The lowest BCUT2D eigenvalue weighted by Crippen LogP contribution is -2.51. The maximum absolute atomic E-state index is 11.8. The molecule has 0 radical (unpaired) electrons. The van der Waals surface area contributed by atoms with Crippen LogP contribution in [-0.2, 0) is 14.4 Å². The molecule has 0 saturated heterocycles. The second-order valence-corrected chi connectivity index (χ2v) is 4.26. The molecule has 0 aromatic heterocycles. The summed E-state index contributed by atoms with van der Waals surface area (Å²) < 4.78 is 5.00. The molecule has 0 fully saturated rings. The predicted octanol–water partition coefficient (Wildman–Crippen LogP) is 1.38. The molecule has 1 aliphatic rings. The summed E-state index contributed by atoms with van der Waals surface area (Å²) in [6, 6.07) is 0. The van der Waals surface area contributed by atoms with Crippen molar-refractivity contribution in [2.75, 3.05) is 6.61 Å². The van der Waals surface area contributed by atoms with Crippen molar-refractivity contribution in [3.63, 3.8) is 0 Å². The Hall–Kier alpha value is -1.03. The van der Waals surface area contributed by atoms with Crippen LogP contribution in [-0.4, -0.2) is 18.2 Å². The smallest absolute Gasteiger partial charge is 0.345 e. The molecule has 0 aromatic carbocycles. The maximum Gasteiger partial charge on any atom is 0.345 e. The van der Waals surface area contributed by atoms with Crippen molar-refractivity contribution >= 4 is 5.97 Å². The molecule has 1 atom stereocenters. The van der Waals surface area contributed by atoms with Gasteiger partial charge in [0.25, 0.3) is 0 Å². The van der Waals surface area contributed by atoms with Gasteiger partial charge in [0.05, 0.1) is 6.61 Å². The highest BCUT2D eigenvalue weighted by atomic mass is 16.7. The highest BCUT2D eigenvalue weighted by molar-refractivity contribution is 5.83. The molecule has 1 aliphatic heterocycles. The number of hydrogen-bond acceptors (Lipinski definition) is 4. The minimum Gasteiger partial charge on any atom is -0.464 e. The number of hydroxylamine groups is 1. The SMILES string of the molecule is CCOC(=O)C1(C(C)(C)C)C=CNO1. The van der Waals surface area contributed by atoms with Crippen LogP contribution in [0.4, 0.5) is 0 Å². The van der Waals surface area contributed by atoms with Crippen molar-refractivity contribution < 1.29 is 14.4 Å². The number of esters is 1. The molecule has 4 nitrogen and oxygen atoms in total. The summed E-state index contributed by atoms with van der Waals surface area (Å²) in [6.45, 7) is 7.93. The summed E-state index contributed by atoms with van der Waals surface area (Å²) in [5, 5.41) is 0. The van der Waals surface area contributed by atoms with Crippen molar-refractivity contribution in [1.82, 2.24) is 5.48 Å². The first kappa shape index (κ1) is 11.0. The third kappa shape index (κ3) is 1.62. The normalized spacial score (nSPS) is 26.0. The van der Waals surface area contributed by atoms with Crippen molar-refractivity contribution in [2.45, 2.75) is 33.3 Å². The van der Waals surface area contributed by atoms with E-state index in [9.17, 15) is 4.79 Å².